The Morgan fingerprint density at radius 1 is 1.23 bits per heavy atom. The highest BCUT2D eigenvalue weighted by molar-refractivity contribution is 5.99. The summed E-state index contributed by atoms with van der Waals surface area (Å²) < 4.78 is 40.4. The Morgan fingerprint density at radius 2 is 2.03 bits per heavy atom. The summed E-state index contributed by atoms with van der Waals surface area (Å²) in [6.45, 7) is 1.91. The average molecular weight is 428 g/mol. The van der Waals surface area contributed by atoms with E-state index in [0.29, 0.717) is 22.6 Å². The van der Waals surface area contributed by atoms with Crippen LogP contribution in [0.25, 0.3) is 0 Å². The number of benzene rings is 2. The Bertz CT molecular complexity index is 1140. The summed E-state index contributed by atoms with van der Waals surface area (Å²) in [5.74, 6) is -0.476. The number of carbonyl (C=O) groups is 1. The van der Waals surface area contributed by atoms with Gasteiger partial charge < -0.3 is 21.7 Å². The van der Waals surface area contributed by atoms with Crippen LogP contribution in [0.4, 0.5) is 42.0 Å². The number of amides is 1. The normalized spacial score (nSPS) is 13.0. The molecular weight excluding hydrogens is 409 g/mol. The van der Waals surface area contributed by atoms with Crippen LogP contribution in [0, 0.1) is 6.92 Å². The van der Waals surface area contributed by atoms with Crippen LogP contribution in [0.2, 0.25) is 0 Å². The molecule has 0 bridgehead atoms. The Morgan fingerprint density at radius 3 is 2.77 bits per heavy atom. The van der Waals surface area contributed by atoms with Crippen molar-refractivity contribution in [1.29, 1.82) is 0 Å². The van der Waals surface area contributed by atoms with Crippen molar-refractivity contribution < 1.29 is 18.0 Å². The van der Waals surface area contributed by atoms with Gasteiger partial charge in [-0.3, -0.25) is 4.79 Å². The van der Waals surface area contributed by atoms with Crippen LogP contribution in [-0.2, 0) is 23.9 Å². The number of aryl methyl sites for hydroxylation is 1. The Labute approximate surface area is 175 Å². The van der Waals surface area contributed by atoms with Crippen LogP contribution >= 0.6 is 0 Å². The van der Waals surface area contributed by atoms with E-state index >= 15 is 0 Å². The van der Waals surface area contributed by atoms with Crippen molar-refractivity contribution in [2.45, 2.75) is 26.1 Å². The molecule has 0 fully saturated rings. The number of hydrogen-bond acceptors (Lipinski definition) is 6. The molecule has 10 heteroatoms. The zero-order valence-electron chi connectivity index (χ0n) is 16.5. The van der Waals surface area contributed by atoms with Crippen LogP contribution in [0.5, 0.6) is 0 Å². The molecule has 1 aliphatic heterocycles. The lowest BCUT2D eigenvalue weighted by atomic mass is 10.1. The molecule has 2 heterocycles. The molecule has 3 aromatic rings. The van der Waals surface area contributed by atoms with Crippen molar-refractivity contribution in [3.63, 3.8) is 0 Å². The van der Waals surface area contributed by atoms with Crippen LogP contribution in [0.1, 0.15) is 22.3 Å². The number of nitrogen functional groups attached to an aromatic ring is 1. The third-order valence-electron chi connectivity index (χ3n) is 4.96. The summed E-state index contributed by atoms with van der Waals surface area (Å²) in [6, 6.07) is 10.4. The topological polar surface area (TPSA) is 105 Å². The molecule has 0 saturated heterocycles. The van der Waals surface area contributed by atoms with Gasteiger partial charge in [0.05, 0.1) is 6.42 Å². The molecule has 1 aromatic heterocycles. The molecule has 0 spiro atoms. The first kappa shape index (κ1) is 20.5. The number of nitrogens with one attached hydrogen (secondary N) is 3. The van der Waals surface area contributed by atoms with E-state index in [1.54, 1.807) is 30.3 Å². The van der Waals surface area contributed by atoms with Crippen molar-refractivity contribution in [3.8, 4) is 0 Å². The molecule has 31 heavy (non-hydrogen) atoms. The van der Waals surface area contributed by atoms with Gasteiger partial charge >= 0.3 is 6.18 Å². The fourth-order valence-electron chi connectivity index (χ4n) is 3.36. The minimum Gasteiger partial charge on any atom is -0.398 e. The summed E-state index contributed by atoms with van der Waals surface area (Å²) in [7, 11) is 0. The fourth-order valence-corrected chi connectivity index (χ4v) is 3.36. The monoisotopic (exact) mass is 428 g/mol. The molecule has 2 aromatic carbocycles. The molecule has 0 saturated carbocycles. The third kappa shape index (κ3) is 4.37. The summed E-state index contributed by atoms with van der Waals surface area (Å²) in [4.78, 5) is 19.4. The summed E-state index contributed by atoms with van der Waals surface area (Å²) in [6.07, 6.45) is -3.65. The molecule has 0 atom stereocenters. The maximum Gasteiger partial charge on any atom is 0.421 e. The highest BCUT2D eigenvalue weighted by Crippen LogP contribution is 2.35. The van der Waals surface area contributed by atoms with Crippen molar-refractivity contribution in [3.05, 3.63) is 64.8 Å². The molecular formula is C21H19F3N6O. The van der Waals surface area contributed by atoms with E-state index in [0.717, 1.165) is 17.3 Å². The summed E-state index contributed by atoms with van der Waals surface area (Å²) in [5.41, 5.74) is 9.07. The smallest absolute Gasteiger partial charge is 0.398 e. The van der Waals surface area contributed by atoms with E-state index in [9.17, 15) is 18.0 Å². The second-order valence-electron chi connectivity index (χ2n) is 7.17. The van der Waals surface area contributed by atoms with Gasteiger partial charge in [0.2, 0.25) is 11.9 Å². The van der Waals surface area contributed by atoms with Crippen molar-refractivity contribution in [2.24, 2.45) is 0 Å². The number of rotatable bonds is 5. The number of carbonyl (C=O) groups excluding carboxylic acids is 1. The highest BCUT2D eigenvalue weighted by Gasteiger charge is 2.35. The third-order valence-corrected chi connectivity index (χ3v) is 4.96. The minimum absolute atomic E-state index is 0.00881. The molecule has 0 aliphatic carbocycles. The van der Waals surface area contributed by atoms with Crippen LogP contribution in [0.15, 0.2) is 42.6 Å². The highest BCUT2D eigenvalue weighted by atomic mass is 19.4. The second kappa shape index (κ2) is 7.78. The second-order valence-corrected chi connectivity index (χ2v) is 7.17. The first-order valence-electron chi connectivity index (χ1n) is 9.42. The predicted octanol–water partition coefficient (Wildman–Crippen LogP) is 4.24. The number of nitrogens with two attached hydrogens (primary N) is 1. The number of alkyl halides is 3. The Hall–Kier alpha value is -3.82. The van der Waals surface area contributed by atoms with E-state index < -0.39 is 11.7 Å². The van der Waals surface area contributed by atoms with Gasteiger partial charge in [-0.25, -0.2) is 4.98 Å². The first-order chi connectivity index (χ1) is 14.7. The van der Waals surface area contributed by atoms with Gasteiger partial charge in [0.15, 0.2) is 0 Å². The molecule has 7 nitrogen and oxygen atoms in total. The van der Waals surface area contributed by atoms with E-state index in [4.69, 9.17) is 5.73 Å². The zero-order chi connectivity index (χ0) is 22.2. The van der Waals surface area contributed by atoms with E-state index in [1.165, 1.54) is 0 Å². The molecule has 1 aliphatic rings. The van der Waals surface area contributed by atoms with E-state index in [-0.39, 0.29) is 30.6 Å². The standard InChI is InChI=1S/C21H19F3N6O/c1-11-3-2-4-16(25)14(11)9-26-19-15(21(22,23)24)10-27-20(30-19)28-13-5-6-17-12(7-13)8-18(31)29-17/h2-7,10H,8-9,25H2,1H3,(H,29,31)(H2,26,27,28,30). The van der Waals surface area contributed by atoms with Crippen molar-refractivity contribution in [1.82, 2.24) is 9.97 Å². The van der Waals surface area contributed by atoms with Crippen LogP contribution in [0.3, 0.4) is 0 Å². The largest absolute Gasteiger partial charge is 0.421 e. The van der Waals surface area contributed by atoms with Crippen molar-refractivity contribution >= 4 is 34.7 Å². The number of fused-ring (bicyclic) bond motifs is 1. The fraction of sp³-hybridized carbons (Fsp3) is 0.190. The maximum absolute atomic E-state index is 13.5. The number of anilines is 5. The number of aromatic nitrogens is 2. The van der Waals surface area contributed by atoms with Gasteiger partial charge in [0.1, 0.15) is 11.4 Å². The molecule has 4 rings (SSSR count). The average Bonchev–Trinajstić information content (AvgIpc) is 3.06. The Balaban J connectivity index is 1.60. The molecule has 160 valence electrons. The van der Waals surface area contributed by atoms with Gasteiger partial charge in [0.25, 0.3) is 0 Å². The van der Waals surface area contributed by atoms with Crippen LogP contribution < -0.4 is 21.7 Å². The zero-order valence-corrected chi connectivity index (χ0v) is 16.5. The maximum atomic E-state index is 13.5. The van der Waals surface area contributed by atoms with Gasteiger partial charge in [-0.05, 0) is 47.9 Å². The molecule has 5 N–H and O–H groups in total. The predicted molar refractivity (Wildman–Crippen MR) is 112 cm³/mol. The number of halogens is 3. The van der Waals surface area contributed by atoms with Crippen LogP contribution in [-0.4, -0.2) is 15.9 Å². The van der Waals surface area contributed by atoms with E-state index in [2.05, 4.69) is 25.9 Å². The lowest BCUT2D eigenvalue weighted by molar-refractivity contribution is -0.137. The quantitative estimate of drug-likeness (QED) is 0.453. The SMILES string of the molecule is Cc1cccc(N)c1CNc1nc(Nc2ccc3c(c2)CC(=O)N3)ncc1C(F)(F)F. The minimum atomic E-state index is -4.63. The summed E-state index contributed by atoms with van der Waals surface area (Å²) in [5, 5.41) is 8.36. The van der Waals surface area contributed by atoms with Gasteiger partial charge in [-0.1, -0.05) is 12.1 Å². The lowest BCUT2D eigenvalue weighted by Gasteiger charge is -2.16. The molecule has 0 unspecified atom stereocenters. The molecule has 1 amide bonds. The first-order valence-corrected chi connectivity index (χ1v) is 9.42. The Kier molecular flexibility index (Phi) is 5.14. The van der Waals surface area contributed by atoms with Gasteiger partial charge in [-0.2, -0.15) is 18.2 Å². The summed E-state index contributed by atoms with van der Waals surface area (Å²) >= 11 is 0. The van der Waals surface area contributed by atoms with E-state index in [1.807, 2.05) is 13.0 Å². The number of nitrogens with zero attached hydrogens (tertiary/aromatic N) is 2. The van der Waals surface area contributed by atoms with Crippen molar-refractivity contribution in [2.75, 3.05) is 21.7 Å². The van der Waals surface area contributed by atoms with Gasteiger partial charge in [0, 0.05) is 29.8 Å². The van der Waals surface area contributed by atoms with Gasteiger partial charge in [-0.15, -0.1) is 0 Å². The molecule has 0 radical (unpaired) electrons. The lowest BCUT2D eigenvalue weighted by Crippen LogP contribution is -2.15. The number of hydrogen-bond donors (Lipinski definition) is 4.